The molecule has 0 heterocycles. The van der Waals surface area contributed by atoms with Crippen LogP contribution in [0.4, 0.5) is 13.2 Å². The minimum Gasteiger partial charge on any atom is -0.465 e. The number of halogens is 4. The van der Waals surface area contributed by atoms with Gasteiger partial charge in [0.15, 0.2) is 0 Å². The number of ether oxygens (including phenoxy) is 2. The smallest absolute Gasteiger partial charge is 0.465 e. The Morgan fingerprint density at radius 3 is 2.50 bits per heavy atom. The molecule has 0 amide bonds. The zero-order valence-electron chi connectivity index (χ0n) is 8.84. The Hall–Kier alpha value is -1.50. The highest BCUT2D eigenvalue weighted by Gasteiger charge is 2.34. The monoisotopic (exact) mass is 371 g/mol. The molecule has 0 atom stereocenters. The zero-order valence-corrected chi connectivity index (χ0v) is 11.0. The number of alkyl halides is 3. The molecule has 0 aliphatic heterocycles. The van der Waals surface area contributed by atoms with Crippen LogP contribution in [0.5, 0.6) is 5.75 Å². The van der Waals surface area contributed by atoms with E-state index in [0.29, 0.717) is 3.57 Å². The Morgan fingerprint density at radius 2 is 2.06 bits per heavy atom. The zero-order chi connectivity index (χ0) is 13.9. The normalized spacial score (nSPS) is 10.7. The van der Waals surface area contributed by atoms with Crippen molar-refractivity contribution in [2.75, 3.05) is 7.11 Å². The number of carbonyl (C=O) groups excluding carboxylic acids is 1. The first kappa shape index (κ1) is 14.6. The van der Waals surface area contributed by atoms with E-state index in [-0.39, 0.29) is 5.56 Å². The number of rotatable bonds is 2. The van der Waals surface area contributed by atoms with Crippen LogP contribution in [0, 0.1) is 14.9 Å². The fourth-order valence-corrected chi connectivity index (χ4v) is 1.78. The lowest BCUT2D eigenvalue weighted by atomic mass is 10.1. The number of hydrogen-bond donors (Lipinski definition) is 0. The molecule has 8 heteroatoms. The molecule has 0 fully saturated rings. The lowest BCUT2D eigenvalue weighted by Gasteiger charge is -2.13. The second kappa shape index (κ2) is 5.43. The highest BCUT2D eigenvalue weighted by atomic mass is 127. The van der Waals surface area contributed by atoms with Crippen molar-refractivity contribution in [3.8, 4) is 11.8 Å². The number of nitriles is 1. The van der Waals surface area contributed by atoms with Crippen molar-refractivity contribution in [3.63, 3.8) is 0 Å². The predicted molar refractivity (Wildman–Crippen MR) is 61.9 cm³/mol. The van der Waals surface area contributed by atoms with E-state index in [1.165, 1.54) is 6.07 Å². The summed E-state index contributed by atoms with van der Waals surface area (Å²) in [5.74, 6) is -1.82. The first-order chi connectivity index (χ1) is 8.28. The molecule has 0 bridgehead atoms. The summed E-state index contributed by atoms with van der Waals surface area (Å²) < 4.78 is 45.0. The van der Waals surface area contributed by atoms with Gasteiger partial charge in [-0.15, -0.1) is 13.2 Å². The Morgan fingerprint density at radius 1 is 1.44 bits per heavy atom. The number of hydrogen-bond acceptors (Lipinski definition) is 4. The van der Waals surface area contributed by atoms with E-state index >= 15 is 0 Å². The van der Waals surface area contributed by atoms with Crippen LogP contribution in [0.3, 0.4) is 0 Å². The second-order valence-corrected chi connectivity index (χ2v) is 4.22. The summed E-state index contributed by atoms with van der Waals surface area (Å²) in [5.41, 5.74) is -0.786. The van der Waals surface area contributed by atoms with E-state index in [2.05, 4.69) is 9.47 Å². The molecular formula is C10H5F3INO3. The van der Waals surface area contributed by atoms with E-state index in [4.69, 9.17) is 5.26 Å². The van der Waals surface area contributed by atoms with Crippen LogP contribution in [-0.4, -0.2) is 19.4 Å². The Kier molecular flexibility index (Phi) is 4.39. The first-order valence-corrected chi connectivity index (χ1v) is 5.44. The summed E-state index contributed by atoms with van der Waals surface area (Å²) in [7, 11) is 0.999. The van der Waals surface area contributed by atoms with E-state index in [1.54, 1.807) is 28.7 Å². The van der Waals surface area contributed by atoms with Crippen LogP contribution in [0.25, 0.3) is 0 Å². The Bertz CT molecular complexity index is 522. The van der Waals surface area contributed by atoms with Crippen molar-refractivity contribution in [1.82, 2.24) is 0 Å². The van der Waals surface area contributed by atoms with Crippen LogP contribution >= 0.6 is 22.6 Å². The summed E-state index contributed by atoms with van der Waals surface area (Å²) >= 11 is 1.71. The Balaban J connectivity index is 3.43. The van der Waals surface area contributed by atoms with Crippen LogP contribution < -0.4 is 4.74 Å². The third kappa shape index (κ3) is 3.49. The molecule has 0 spiro atoms. The van der Waals surface area contributed by atoms with Gasteiger partial charge in [-0.1, -0.05) is 0 Å². The second-order valence-electron chi connectivity index (χ2n) is 2.98. The topological polar surface area (TPSA) is 59.3 Å². The minimum absolute atomic E-state index is 0.243. The third-order valence-corrected chi connectivity index (χ3v) is 2.43. The van der Waals surface area contributed by atoms with Crippen molar-refractivity contribution in [2.24, 2.45) is 0 Å². The average molecular weight is 371 g/mol. The van der Waals surface area contributed by atoms with Crippen LogP contribution in [-0.2, 0) is 4.74 Å². The first-order valence-electron chi connectivity index (χ1n) is 4.36. The van der Waals surface area contributed by atoms with E-state index < -0.39 is 23.6 Å². The van der Waals surface area contributed by atoms with E-state index in [9.17, 15) is 18.0 Å². The maximum atomic E-state index is 12.2. The fraction of sp³-hybridized carbons (Fsp3) is 0.200. The van der Waals surface area contributed by atoms with Gasteiger partial charge in [-0.05, 0) is 34.7 Å². The van der Waals surface area contributed by atoms with Gasteiger partial charge in [-0.25, -0.2) is 4.79 Å². The van der Waals surface area contributed by atoms with Crippen molar-refractivity contribution < 1.29 is 27.4 Å². The predicted octanol–water partition coefficient (Wildman–Crippen LogP) is 2.85. The summed E-state index contributed by atoms with van der Waals surface area (Å²) in [6.45, 7) is 0. The molecule has 0 aromatic heterocycles. The molecule has 1 rings (SSSR count). The van der Waals surface area contributed by atoms with Gasteiger partial charge >= 0.3 is 12.3 Å². The van der Waals surface area contributed by atoms with Gasteiger partial charge < -0.3 is 9.47 Å². The number of benzene rings is 1. The quantitative estimate of drug-likeness (QED) is 0.593. The summed E-state index contributed by atoms with van der Waals surface area (Å²) in [6.07, 6.45) is -4.96. The van der Waals surface area contributed by atoms with Crippen molar-refractivity contribution in [2.45, 2.75) is 6.36 Å². The molecule has 0 saturated heterocycles. The van der Waals surface area contributed by atoms with Gasteiger partial charge in [-0.2, -0.15) is 5.26 Å². The number of nitrogens with zero attached hydrogens (tertiary/aromatic N) is 1. The third-order valence-electron chi connectivity index (χ3n) is 1.80. The van der Waals surface area contributed by atoms with Gasteiger partial charge in [0.05, 0.1) is 12.7 Å². The van der Waals surface area contributed by atoms with Crippen LogP contribution in [0.15, 0.2) is 12.1 Å². The lowest BCUT2D eigenvalue weighted by molar-refractivity contribution is -0.274. The molecular weight excluding hydrogens is 366 g/mol. The van der Waals surface area contributed by atoms with E-state index in [0.717, 1.165) is 13.2 Å². The number of carbonyl (C=O) groups is 1. The minimum atomic E-state index is -4.96. The molecule has 96 valence electrons. The molecule has 1 aromatic carbocycles. The van der Waals surface area contributed by atoms with Crippen LogP contribution in [0.2, 0.25) is 0 Å². The SMILES string of the molecule is COC(=O)c1c(C#N)cc(I)cc1OC(F)(F)F. The molecule has 0 saturated carbocycles. The van der Waals surface area contributed by atoms with E-state index in [1.807, 2.05) is 0 Å². The lowest BCUT2D eigenvalue weighted by Crippen LogP contribution is -2.20. The Labute approximate surface area is 113 Å². The summed E-state index contributed by atoms with van der Waals surface area (Å²) in [4.78, 5) is 11.4. The van der Waals surface area contributed by atoms with Gasteiger partial charge in [0.25, 0.3) is 0 Å². The summed E-state index contributed by atoms with van der Waals surface area (Å²) in [6, 6.07) is 3.89. The number of methoxy groups -OCH3 is 1. The number of esters is 1. The average Bonchev–Trinajstić information content (AvgIpc) is 2.25. The van der Waals surface area contributed by atoms with Gasteiger partial charge in [0.1, 0.15) is 17.4 Å². The molecule has 1 aromatic rings. The van der Waals surface area contributed by atoms with Gasteiger partial charge in [-0.3, -0.25) is 0 Å². The highest BCUT2D eigenvalue weighted by molar-refractivity contribution is 14.1. The molecule has 0 N–H and O–H groups in total. The molecule has 4 nitrogen and oxygen atoms in total. The maximum Gasteiger partial charge on any atom is 0.573 e. The largest absolute Gasteiger partial charge is 0.573 e. The van der Waals surface area contributed by atoms with Crippen molar-refractivity contribution in [1.29, 1.82) is 5.26 Å². The molecule has 0 unspecified atom stereocenters. The van der Waals surface area contributed by atoms with Crippen LogP contribution in [0.1, 0.15) is 15.9 Å². The highest BCUT2D eigenvalue weighted by Crippen LogP contribution is 2.31. The standard InChI is InChI=1S/C10H5F3INO3/c1-17-9(16)8-5(4-15)2-6(14)3-7(8)18-10(11,12)13/h2-3H,1H3. The van der Waals surface area contributed by atoms with Gasteiger partial charge in [0.2, 0.25) is 0 Å². The molecule has 0 radical (unpaired) electrons. The molecule has 18 heavy (non-hydrogen) atoms. The molecule has 0 aliphatic carbocycles. The maximum absolute atomic E-state index is 12.2. The summed E-state index contributed by atoms with van der Waals surface area (Å²) in [5, 5.41) is 8.81. The van der Waals surface area contributed by atoms with Crippen molar-refractivity contribution >= 4 is 28.6 Å². The fourth-order valence-electron chi connectivity index (χ4n) is 1.19. The van der Waals surface area contributed by atoms with Crippen molar-refractivity contribution in [3.05, 3.63) is 26.8 Å². The van der Waals surface area contributed by atoms with Gasteiger partial charge in [0, 0.05) is 3.57 Å². The molecule has 0 aliphatic rings.